The van der Waals surface area contributed by atoms with Crippen LogP contribution in [0.5, 0.6) is 0 Å². The summed E-state index contributed by atoms with van der Waals surface area (Å²) in [5.41, 5.74) is 8.27. The number of aryl methyl sites for hydroxylation is 1. The fourth-order valence-corrected chi connectivity index (χ4v) is 2.90. The molecule has 0 bridgehead atoms. The molecule has 1 aromatic carbocycles. The van der Waals surface area contributed by atoms with Crippen LogP contribution in [0.3, 0.4) is 0 Å². The Morgan fingerprint density at radius 3 is 2.60 bits per heavy atom. The van der Waals surface area contributed by atoms with Crippen LogP contribution < -0.4 is 10.6 Å². The number of nitrogens with zero attached hydrogens (tertiary/aromatic N) is 3. The molecule has 0 saturated carbocycles. The molecule has 1 heterocycles. The van der Waals surface area contributed by atoms with Crippen LogP contribution in [0.25, 0.3) is 0 Å². The van der Waals surface area contributed by atoms with Gasteiger partial charge >= 0.3 is 0 Å². The minimum Gasteiger partial charge on any atom is -0.343 e. The predicted molar refractivity (Wildman–Crippen MR) is 85.0 cm³/mol. The summed E-state index contributed by atoms with van der Waals surface area (Å²) in [6.45, 7) is 6.62. The van der Waals surface area contributed by atoms with E-state index in [1.165, 1.54) is 22.7 Å². The van der Waals surface area contributed by atoms with E-state index in [0.717, 1.165) is 36.9 Å². The molecular formula is C15H22N4S. The van der Waals surface area contributed by atoms with Crippen LogP contribution in [0.1, 0.15) is 37.2 Å². The molecule has 0 fully saturated rings. The lowest BCUT2D eigenvalue weighted by Crippen LogP contribution is -2.23. The maximum absolute atomic E-state index is 5.81. The SMILES string of the molecule is CCCc1nsc(N(CC)Cc2ccccc2CN)n1. The van der Waals surface area contributed by atoms with Gasteiger partial charge in [-0.15, -0.1) is 0 Å². The molecule has 20 heavy (non-hydrogen) atoms. The van der Waals surface area contributed by atoms with Gasteiger partial charge in [0.1, 0.15) is 5.82 Å². The van der Waals surface area contributed by atoms with Crippen molar-refractivity contribution >= 4 is 16.7 Å². The first-order valence-electron chi connectivity index (χ1n) is 7.12. The van der Waals surface area contributed by atoms with Gasteiger partial charge in [0.2, 0.25) is 5.13 Å². The molecule has 108 valence electrons. The standard InChI is InChI=1S/C15H22N4S/c1-3-7-14-17-15(20-18-14)19(4-2)11-13-9-6-5-8-12(13)10-16/h5-6,8-9H,3-4,7,10-11,16H2,1-2H3. The summed E-state index contributed by atoms with van der Waals surface area (Å²) < 4.78 is 4.42. The maximum Gasteiger partial charge on any atom is 0.205 e. The van der Waals surface area contributed by atoms with Gasteiger partial charge in [0.15, 0.2) is 0 Å². The van der Waals surface area contributed by atoms with E-state index in [0.29, 0.717) is 6.54 Å². The fourth-order valence-electron chi connectivity index (χ4n) is 2.13. The normalized spacial score (nSPS) is 10.8. The first kappa shape index (κ1) is 14.9. The number of benzene rings is 1. The monoisotopic (exact) mass is 290 g/mol. The van der Waals surface area contributed by atoms with E-state index < -0.39 is 0 Å². The Labute approximate surface area is 124 Å². The molecule has 0 aliphatic rings. The quantitative estimate of drug-likeness (QED) is 0.851. The molecule has 0 aliphatic carbocycles. The van der Waals surface area contributed by atoms with E-state index in [2.05, 4.69) is 46.3 Å². The molecular weight excluding hydrogens is 268 g/mol. The highest BCUT2D eigenvalue weighted by Crippen LogP contribution is 2.21. The number of rotatable bonds is 7. The molecule has 0 radical (unpaired) electrons. The summed E-state index contributed by atoms with van der Waals surface area (Å²) in [6, 6.07) is 8.32. The highest BCUT2D eigenvalue weighted by Gasteiger charge is 2.12. The average molecular weight is 290 g/mol. The van der Waals surface area contributed by atoms with E-state index in [1.54, 1.807) is 0 Å². The van der Waals surface area contributed by atoms with Gasteiger partial charge in [-0.1, -0.05) is 31.2 Å². The van der Waals surface area contributed by atoms with Gasteiger partial charge in [0.25, 0.3) is 0 Å². The molecule has 0 spiro atoms. The van der Waals surface area contributed by atoms with Crippen LogP contribution in [0, 0.1) is 0 Å². The summed E-state index contributed by atoms with van der Waals surface area (Å²) >= 11 is 1.49. The van der Waals surface area contributed by atoms with E-state index in [-0.39, 0.29) is 0 Å². The van der Waals surface area contributed by atoms with Crippen molar-refractivity contribution in [3.63, 3.8) is 0 Å². The van der Waals surface area contributed by atoms with Crippen molar-refractivity contribution in [2.45, 2.75) is 39.8 Å². The second-order valence-electron chi connectivity index (χ2n) is 4.73. The molecule has 4 nitrogen and oxygen atoms in total. The first-order valence-corrected chi connectivity index (χ1v) is 7.90. The Kier molecular flexibility index (Phi) is 5.49. The lowest BCUT2D eigenvalue weighted by molar-refractivity contribution is 0.801. The number of anilines is 1. The van der Waals surface area contributed by atoms with Crippen LogP contribution >= 0.6 is 11.5 Å². The average Bonchev–Trinajstić information content (AvgIpc) is 2.94. The zero-order valence-corrected chi connectivity index (χ0v) is 13.0. The lowest BCUT2D eigenvalue weighted by Gasteiger charge is -2.20. The van der Waals surface area contributed by atoms with Gasteiger partial charge in [0, 0.05) is 37.6 Å². The fraction of sp³-hybridized carbons (Fsp3) is 0.467. The number of nitrogens with two attached hydrogens (primary N) is 1. The second kappa shape index (κ2) is 7.36. The molecule has 0 amide bonds. The third-order valence-electron chi connectivity index (χ3n) is 3.28. The van der Waals surface area contributed by atoms with Crippen LogP contribution in [0.15, 0.2) is 24.3 Å². The van der Waals surface area contributed by atoms with Crippen molar-refractivity contribution in [1.82, 2.24) is 9.36 Å². The van der Waals surface area contributed by atoms with Crippen LogP contribution in [0.4, 0.5) is 5.13 Å². The molecule has 0 saturated heterocycles. The number of hydrogen-bond acceptors (Lipinski definition) is 5. The van der Waals surface area contributed by atoms with Crippen LogP contribution in [0.2, 0.25) is 0 Å². The third kappa shape index (κ3) is 3.55. The third-order valence-corrected chi connectivity index (χ3v) is 4.10. The molecule has 0 atom stereocenters. The van der Waals surface area contributed by atoms with Gasteiger partial charge < -0.3 is 10.6 Å². The molecule has 1 aromatic heterocycles. The summed E-state index contributed by atoms with van der Waals surface area (Å²) in [5, 5.41) is 1.00. The largest absolute Gasteiger partial charge is 0.343 e. The van der Waals surface area contributed by atoms with Crippen LogP contribution in [-0.4, -0.2) is 15.9 Å². The smallest absolute Gasteiger partial charge is 0.205 e. The Morgan fingerprint density at radius 2 is 1.95 bits per heavy atom. The minimum atomic E-state index is 0.574. The molecule has 0 aliphatic heterocycles. The molecule has 0 unspecified atom stereocenters. The molecule has 2 rings (SSSR count). The van der Waals surface area contributed by atoms with Crippen molar-refractivity contribution in [1.29, 1.82) is 0 Å². The van der Waals surface area contributed by atoms with E-state index in [1.807, 2.05) is 6.07 Å². The van der Waals surface area contributed by atoms with E-state index in [9.17, 15) is 0 Å². The predicted octanol–water partition coefficient (Wildman–Crippen LogP) is 2.98. The van der Waals surface area contributed by atoms with Gasteiger partial charge in [-0.25, -0.2) is 4.98 Å². The molecule has 2 aromatic rings. The van der Waals surface area contributed by atoms with Gasteiger partial charge in [-0.3, -0.25) is 0 Å². The Bertz CT molecular complexity index is 538. The Morgan fingerprint density at radius 1 is 1.20 bits per heavy atom. The Balaban J connectivity index is 2.15. The van der Waals surface area contributed by atoms with Crippen molar-refractivity contribution in [3.05, 3.63) is 41.2 Å². The van der Waals surface area contributed by atoms with Crippen LogP contribution in [-0.2, 0) is 19.5 Å². The number of aromatic nitrogens is 2. The Hall–Kier alpha value is -1.46. The van der Waals surface area contributed by atoms with E-state index >= 15 is 0 Å². The van der Waals surface area contributed by atoms with Crippen molar-refractivity contribution in [3.8, 4) is 0 Å². The summed E-state index contributed by atoms with van der Waals surface area (Å²) in [5.74, 6) is 0.957. The summed E-state index contributed by atoms with van der Waals surface area (Å²) in [6.07, 6.45) is 2.03. The van der Waals surface area contributed by atoms with Gasteiger partial charge in [-0.05, 0) is 24.5 Å². The lowest BCUT2D eigenvalue weighted by atomic mass is 10.1. The maximum atomic E-state index is 5.81. The highest BCUT2D eigenvalue weighted by atomic mass is 32.1. The van der Waals surface area contributed by atoms with Crippen molar-refractivity contribution < 1.29 is 0 Å². The topological polar surface area (TPSA) is 55.0 Å². The molecule has 2 N–H and O–H groups in total. The highest BCUT2D eigenvalue weighted by molar-refractivity contribution is 7.09. The van der Waals surface area contributed by atoms with Crippen molar-refractivity contribution in [2.75, 3.05) is 11.4 Å². The zero-order valence-electron chi connectivity index (χ0n) is 12.2. The number of hydrogen-bond donors (Lipinski definition) is 1. The van der Waals surface area contributed by atoms with Gasteiger partial charge in [-0.2, -0.15) is 4.37 Å². The summed E-state index contributed by atoms with van der Waals surface area (Å²) in [7, 11) is 0. The second-order valence-corrected chi connectivity index (χ2v) is 5.46. The van der Waals surface area contributed by atoms with Crippen molar-refractivity contribution in [2.24, 2.45) is 5.73 Å². The molecule has 5 heteroatoms. The van der Waals surface area contributed by atoms with E-state index in [4.69, 9.17) is 5.73 Å². The zero-order chi connectivity index (χ0) is 14.4. The van der Waals surface area contributed by atoms with Gasteiger partial charge in [0.05, 0.1) is 0 Å². The minimum absolute atomic E-state index is 0.574. The first-order chi connectivity index (χ1) is 9.78. The summed E-state index contributed by atoms with van der Waals surface area (Å²) in [4.78, 5) is 6.88.